The van der Waals surface area contributed by atoms with Crippen molar-refractivity contribution < 1.29 is 4.74 Å². The van der Waals surface area contributed by atoms with Crippen molar-refractivity contribution in [2.75, 3.05) is 6.61 Å². The predicted molar refractivity (Wildman–Crippen MR) is 43.5 cm³/mol. The van der Waals surface area contributed by atoms with Gasteiger partial charge in [0.25, 0.3) is 0 Å². The molecule has 1 rings (SSSR count). The summed E-state index contributed by atoms with van der Waals surface area (Å²) in [5, 5.41) is 0. The topological polar surface area (TPSA) is 22.1 Å². The summed E-state index contributed by atoms with van der Waals surface area (Å²) in [5.41, 5.74) is 0. The van der Waals surface area contributed by atoms with Crippen LogP contribution in [-0.4, -0.2) is 11.6 Å². The van der Waals surface area contributed by atoms with Crippen LogP contribution in [0.25, 0.3) is 0 Å². The molecular formula is C9H12NO. The summed E-state index contributed by atoms with van der Waals surface area (Å²) in [6.45, 7) is 2.87. The van der Waals surface area contributed by atoms with Crippen LogP contribution in [0.1, 0.15) is 19.8 Å². The molecule has 0 aliphatic carbocycles. The van der Waals surface area contributed by atoms with Gasteiger partial charge in [-0.3, -0.25) is 0 Å². The van der Waals surface area contributed by atoms with Crippen LogP contribution in [0.2, 0.25) is 0 Å². The van der Waals surface area contributed by atoms with Crippen molar-refractivity contribution in [2.45, 2.75) is 19.8 Å². The van der Waals surface area contributed by atoms with E-state index >= 15 is 0 Å². The summed E-state index contributed by atoms with van der Waals surface area (Å²) in [5.74, 6) is 0.598. The molecule has 0 unspecified atom stereocenters. The van der Waals surface area contributed by atoms with Crippen molar-refractivity contribution in [3.8, 4) is 5.88 Å². The minimum absolute atomic E-state index is 0.598. The second-order valence-electron chi connectivity index (χ2n) is 2.29. The molecule has 0 saturated heterocycles. The van der Waals surface area contributed by atoms with E-state index in [1.54, 1.807) is 12.3 Å². The SMILES string of the molecule is CCCCOc1[c]cccn1. The molecule has 0 atom stereocenters. The van der Waals surface area contributed by atoms with E-state index in [0.717, 1.165) is 19.4 Å². The molecule has 1 radical (unpaired) electrons. The highest BCUT2D eigenvalue weighted by Crippen LogP contribution is 2.02. The highest BCUT2D eigenvalue weighted by atomic mass is 16.5. The second kappa shape index (κ2) is 4.72. The lowest BCUT2D eigenvalue weighted by Gasteiger charge is -2.01. The maximum Gasteiger partial charge on any atom is 0.221 e. The molecule has 0 bridgehead atoms. The molecule has 1 aromatic heterocycles. The smallest absolute Gasteiger partial charge is 0.221 e. The molecule has 0 spiro atoms. The Labute approximate surface area is 67.2 Å². The fourth-order valence-corrected chi connectivity index (χ4v) is 0.703. The molecule has 59 valence electrons. The Bertz CT molecular complexity index is 186. The van der Waals surface area contributed by atoms with Crippen LogP contribution in [-0.2, 0) is 0 Å². The van der Waals surface area contributed by atoms with Crippen LogP contribution >= 0.6 is 0 Å². The minimum atomic E-state index is 0.598. The van der Waals surface area contributed by atoms with Gasteiger partial charge < -0.3 is 4.74 Å². The molecule has 1 aromatic rings. The average molecular weight is 150 g/mol. The van der Waals surface area contributed by atoms with E-state index in [9.17, 15) is 0 Å². The summed E-state index contributed by atoms with van der Waals surface area (Å²) < 4.78 is 5.28. The van der Waals surface area contributed by atoms with Gasteiger partial charge in [-0.1, -0.05) is 13.3 Å². The van der Waals surface area contributed by atoms with Crippen LogP contribution in [0.3, 0.4) is 0 Å². The third kappa shape index (κ3) is 3.03. The first-order chi connectivity index (χ1) is 5.43. The number of ether oxygens (including phenoxy) is 1. The zero-order chi connectivity index (χ0) is 7.94. The predicted octanol–water partition coefficient (Wildman–Crippen LogP) is 2.06. The van der Waals surface area contributed by atoms with Gasteiger partial charge in [-0.25, -0.2) is 4.98 Å². The summed E-state index contributed by atoms with van der Waals surface area (Å²) in [6, 6.07) is 6.52. The van der Waals surface area contributed by atoms with E-state index in [4.69, 9.17) is 4.74 Å². The lowest BCUT2D eigenvalue weighted by atomic mass is 10.4. The Morgan fingerprint density at radius 2 is 2.55 bits per heavy atom. The van der Waals surface area contributed by atoms with Gasteiger partial charge in [0.2, 0.25) is 5.88 Å². The van der Waals surface area contributed by atoms with Crippen LogP contribution in [0, 0.1) is 6.07 Å². The van der Waals surface area contributed by atoms with E-state index in [1.165, 1.54) is 0 Å². The number of pyridine rings is 1. The number of hydrogen-bond acceptors (Lipinski definition) is 2. The fraction of sp³-hybridized carbons (Fsp3) is 0.444. The molecule has 0 aromatic carbocycles. The lowest BCUT2D eigenvalue weighted by Crippen LogP contribution is -1.97. The molecule has 11 heavy (non-hydrogen) atoms. The van der Waals surface area contributed by atoms with Crippen molar-refractivity contribution in [3.05, 3.63) is 24.4 Å². The molecule has 0 saturated carbocycles. The van der Waals surface area contributed by atoms with Gasteiger partial charge in [0.1, 0.15) is 0 Å². The van der Waals surface area contributed by atoms with Gasteiger partial charge >= 0.3 is 0 Å². The van der Waals surface area contributed by atoms with E-state index in [-0.39, 0.29) is 0 Å². The Morgan fingerprint density at radius 1 is 1.64 bits per heavy atom. The quantitative estimate of drug-likeness (QED) is 0.613. The third-order valence-corrected chi connectivity index (χ3v) is 1.32. The molecule has 0 amide bonds. The molecule has 0 aliphatic rings. The van der Waals surface area contributed by atoms with Gasteiger partial charge in [-0.2, -0.15) is 0 Å². The maximum absolute atomic E-state index is 5.28. The first-order valence-electron chi connectivity index (χ1n) is 3.89. The highest BCUT2D eigenvalue weighted by molar-refractivity contribution is 5.06. The highest BCUT2D eigenvalue weighted by Gasteiger charge is 1.90. The summed E-state index contributed by atoms with van der Waals surface area (Å²) in [4.78, 5) is 3.97. The molecule has 0 aliphatic heterocycles. The Kier molecular flexibility index (Phi) is 3.45. The molecule has 2 nitrogen and oxygen atoms in total. The normalized spacial score (nSPS) is 9.55. The van der Waals surface area contributed by atoms with Gasteiger partial charge in [0.15, 0.2) is 0 Å². The van der Waals surface area contributed by atoms with Gasteiger partial charge in [0, 0.05) is 12.3 Å². The van der Waals surface area contributed by atoms with Crippen LogP contribution in [0.15, 0.2) is 18.3 Å². The van der Waals surface area contributed by atoms with Crippen molar-refractivity contribution in [1.29, 1.82) is 0 Å². The number of hydrogen-bond donors (Lipinski definition) is 0. The third-order valence-electron chi connectivity index (χ3n) is 1.32. The first-order valence-corrected chi connectivity index (χ1v) is 3.89. The van der Waals surface area contributed by atoms with E-state index in [1.807, 2.05) is 6.07 Å². The number of unbranched alkanes of at least 4 members (excludes halogenated alkanes) is 1. The van der Waals surface area contributed by atoms with Gasteiger partial charge in [-0.15, -0.1) is 0 Å². The first kappa shape index (κ1) is 8.05. The Balaban J connectivity index is 2.28. The number of nitrogens with zero attached hydrogens (tertiary/aromatic N) is 1. The lowest BCUT2D eigenvalue weighted by molar-refractivity contribution is 0.297. The van der Waals surface area contributed by atoms with Gasteiger partial charge in [0.05, 0.1) is 6.61 Å². The average Bonchev–Trinajstić information content (AvgIpc) is 2.07. The maximum atomic E-state index is 5.28. The van der Waals surface area contributed by atoms with Crippen molar-refractivity contribution in [2.24, 2.45) is 0 Å². The molecule has 0 fully saturated rings. The van der Waals surface area contributed by atoms with Crippen molar-refractivity contribution in [1.82, 2.24) is 4.98 Å². The number of rotatable bonds is 4. The van der Waals surface area contributed by atoms with Gasteiger partial charge in [-0.05, 0) is 18.6 Å². The molecule has 0 N–H and O–H groups in total. The summed E-state index contributed by atoms with van der Waals surface area (Å²) >= 11 is 0. The molecule has 2 heteroatoms. The summed E-state index contributed by atoms with van der Waals surface area (Å²) in [7, 11) is 0. The standard InChI is InChI=1S/C9H12NO/c1-2-3-8-11-9-6-4-5-7-10-9/h4-5,7H,2-3,8H2,1H3. The van der Waals surface area contributed by atoms with Crippen molar-refractivity contribution >= 4 is 0 Å². The minimum Gasteiger partial charge on any atom is -0.477 e. The largest absolute Gasteiger partial charge is 0.477 e. The molecule has 1 heterocycles. The molecular weight excluding hydrogens is 138 g/mol. The van der Waals surface area contributed by atoms with Crippen LogP contribution in [0.5, 0.6) is 5.88 Å². The second-order valence-corrected chi connectivity index (χ2v) is 2.29. The van der Waals surface area contributed by atoms with E-state index in [0.29, 0.717) is 5.88 Å². The van der Waals surface area contributed by atoms with Crippen LogP contribution < -0.4 is 4.74 Å². The fourth-order valence-electron chi connectivity index (χ4n) is 0.703. The summed E-state index contributed by atoms with van der Waals surface area (Å²) in [6.07, 6.45) is 3.93. The van der Waals surface area contributed by atoms with E-state index < -0.39 is 0 Å². The number of aromatic nitrogens is 1. The van der Waals surface area contributed by atoms with Crippen LogP contribution in [0.4, 0.5) is 0 Å². The zero-order valence-corrected chi connectivity index (χ0v) is 6.71. The monoisotopic (exact) mass is 150 g/mol. The van der Waals surface area contributed by atoms with E-state index in [2.05, 4.69) is 18.0 Å². The Hall–Kier alpha value is -1.05. The van der Waals surface area contributed by atoms with Crippen molar-refractivity contribution in [3.63, 3.8) is 0 Å². The zero-order valence-electron chi connectivity index (χ0n) is 6.71. The Morgan fingerprint density at radius 3 is 3.18 bits per heavy atom.